The predicted octanol–water partition coefficient (Wildman–Crippen LogP) is 1.37. The summed E-state index contributed by atoms with van der Waals surface area (Å²) in [5.41, 5.74) is 19.1. The second-order valence-corrected chi connectivity index (χ2v) is 11.5. The molecule has 10 N–H and O–H groups in total. The first-order valence-corrected chi connectivity index (χ1v) is 15.8. The zero-order valence-electron chi connectivity index (χ0n) is 26.7. The Morgan fingerprint density at radius 3 is 2.21 bits per heavy atom. The van der Waals surface area contributed by atoms with Gasteiger partial charge in [-0.3, -0.25) is 19.2 Å². The Balaban J connectivity index is 1.55. The van der Waals surface area contributed by atoms with E-state index in [2.05, 4.69) is 10.6 Å². The van der Waals surface area contributed by atoms with Gasteiger partial charge in [0, 0.05) is 50.7 Å². The first-order valence-electron chi connectivity index (χ1n) is 15.8. The average molecular weight is 658 g/mol. The van der Waals surface area contributed by atoms with E-state index in [0.29, 0.717) is 36.0 Å². The molecular formula is C35H43N7O6. The summed E-state index contributed by atoms with van der Waals surface area (Å²) in [5.74, 6) is -1.98. The van der Waals surface area contributed by atoms with Gasteiger partial charge in [0.1, 0.15) is 11.7 Å². The molecule has 4 rings (SSSR count). The summed E-state index contributed by atoms with van der Waals surface area (Å²) in [5, 5.41) is 25.5. The summed E-state index contributed by atoms with van der Waals surface area (Å²) in [6.45, 7) is 1.45. The number of carbonyl (C=O) groups excluding carboxylic acids is 3. The van der Waals surface area contributed by atoms with Crippen LogP contribution in [0.3, 0.4) is 0 Å². The number of carbonyl (C=O) groups is 3. The third-order valence-corrected chi connectivity index (χ3v) is 7.99. The van der Waals surface area contributed by atoms with E-state index >= 15 is 0 Å². The molecule has 13 nitrogen and oxygen atoms in total. The van der Waals surface area contributed by atoms with E-state index in [9.17, 15) is 29.4 Å². The number of phenols is 2. The van der Waals surface area contributed by atoms with E-state index in [1.165, 1.54) is 23.2 Å². The molecule has 0 spiro atoms. The molecule has 3 aromatic carbocycles. The van der Waals surface area contributed by atoms with Crippen molar-refractivity contribution in [3.05, 3.63) is 100 Å². The van der Waals surface area contributed by atoms with Crippen LogP contribution in [0.25, 0.3) is 10.9 Å². The third kappa shape index (κ3) is 9.41. The van der Waals surface area contributed by atoms with Gasteiger partial charge in [0.15, 0.2) is 11.5 Å². The lowest BCUT2D eigenvalue weighted by Crippen LogP contribution is -2.50. The summed E-state index contributed by atoms with van der Waals surface area (Å²) < 4.78 is 1.75. The summed E-state index contributed by atoms with van der Waals surface area (Å²) in [7, 11) is 0. The molecule has 0 aliphatic carbocycles. The molecular weight excluding hydrogens is 614 g/mol. The molecule has 254 valence electrons. The molecule has 1 aromatic heterocycles. The number of hydrogen-bond acceptors (Lipinski definition) is 9. The molecule has 3 amide bonds. The number of nitrogens with zero attached hydrogens (tertiary/aromatic N) is 2. The van der Waals surface area contributed by atoms with Crippen molar-refractivity contribution in [3.63, 3.8) is 0 Å². The standard InChI is InChI=1S/C35H43N7O6/c36-16-18-41(19-17-37)32(45)15-12-26(38)34(47)39-27(13-10-23-6-2-1-3-7-23)35(48)40-28-22-42(21-24-11-14-30(43)31(44)20-24)29-9-5-4-8-25(29)33(28)46/h1-9,11,14,20,22,26-27,43-44H,10,12-13,15-19,21,36-38H2,(H,39,47)(H,40,48)/t26-,27+/m0/s1. The summed E-state index contributed by atoms with van der Waals surface area (Å²) in [6.07, 6.45) is 2.22. The molecule has 0 radical (unpaired) electrons. The normalized spacial score (nSPS) is 12.3. The lowest BCUT2D eigenvalue weighted by Gasteiger charge is -2.23. The number of aromatic nitrogens is 1. The molecule has 2 atom stereocenters. The van der Waals surface area contributed by atoms with Crippen molar-refractivity contribution in [1.29, 1.82) is 0 Å². The molecule has 0 saturated carbocycles. The number of phenolic OH excluding ortho intramolecular Hbond substituents is 2. The van der Waals surface area contributed by atoms with Crippen LogP contribution in [0.5, 0.6) is 11.5 Å². The predicted molar refractivity (Wildman–Crippen MR) is 184 cm³/mol. The number of amides is 3. The van der Waals surface area contributed by atoms with Crippen molar-refractivity contribution in [1.82, 2.24) is 14.8 Å². The number of anilines is 1. The monoisotopic (exact) mass is 657 g/mol. The van der Waals surface area contributed by atoms with Gasteiger partial charge in [0.25, 0.3) is 0 Å². The summed E-state index contributed by atoms with van der Waals surface area (Å²) >= 11 is 0. The molecule has 1 heterocycles. The molecule has 0 aliphatic heterocycles. The maximum absolute atomic E-state index is 13.8. The Hall–Kier alpha value is -5.24. The fourth-order valence-corrected chi connectivity index (χ4v) is 5.39. The van der Waals surface area contributed by atoms with Crippen molar-refractivity contribution >= 4 is 34.3 Å². The van der Waals surface area contributed by atoms with Gasteiger partial charge in [-0.2, -0.15) is 0 Å². The zero-order valence-corrected chi connectivity index (χ0v) is 26.7. The van der Waals surface area contributed by atoms with Crippen molar-refractivity contribution in [2.75, 3.05) is 31.5 Å². The minimum atomic E-state index is -1.07. The maximum Gasteiger partial charge on any atom is 0.247 e. The Bertz CT molecular complexity index is 1770. The Kier molecular flexibility index (Phi) is 12.7. The molecule has 48 heavy (non-hydrogen) atoms. The Morgan fingerprint density at radius 1 is 0.833 bits per heavy atom. The largest absolute Gasteiger partial charge is 0.504 e. The quantitative estimate of drug-likeness (QED) is 0.0864. The summed E-state index contributed by atoms with van der Waals surface area (Å²) in [6, 6.07) is 18.7. The fourth-order valence-electron chi connectivity index (χ4n) is 5.39. The molecule has 13 heteroatoms. The summed E-state index contributed by atoms with van der Waals surface area (Å²) in [4.78, 5) is 54.7. The van der Waals surface area contributed by atoms with Crippen molar-refractivity contribution in [2.24, 2.45) is 17.2 Å². The van der Waals surface area contributed by atoms with E-state index in [-0.39, 0.29) is 62.0 Å². The highest BCUT2D eigenvalue weighted by Gasteiger charge is 2.26. The lowest BCUT2D eigenvalue weighted by molar-refractivity contribution is -0.132. The topological polar surface area (TPSA) is 219 Å². The van der Waals surface area contributed by atoms with Crippen LogP contribution in [0.4, 0.5) is 5.69 Å². The highest BCUT2D eigenvalue weighted by atomic mass is 16.3. The maximum atomic E-state index is 13.8. The molecule has 0 fully saturated rings. The second-order valence-electron chi connectivity index (χ2n) is 11.5. The number of nitrogens with two attached hydrogens (primary N) is 3. The van der Waals surface area contributed by atoms with Crippen LogP contribution >= 0.6 is 0 Å². The zero-order chi connectivity index (χ0) is 34.6. The minimum absolute atomic E-state index is 0.00421. The number of para-hydroxylation sites is 1. The van der Waals surface area contributed by atoms with E-state index < -0.39 is 29.3 Å². The van der Waals surface area contributed by atoms with Crippen molar-refractivity contribution in [2.45, 2.75) is 44.3 Å². The number of benzene rings is 3. The molecule has 0 bridgehead atoms. The molecule has 0 aliphatic rings. The van der Waals surface area contributed by atoms with Crippen molar-refractivity contribution < 1.29 is 24.6 Å². The number of fused-ring (bicyclic) bond motifs is 1. The Morgan fingerprint density at radius 2 is 1.52 bits per heavy atom. The highest BCUT2D eigenvalue weighted by molar-refractivity contribution is 5.99. The van der Waals surface area contributed by atoms with Gasteiger partial charge in [0.05, 0.1) is 11.6 Å². The second kappa shape index (κ2) is 17.1. The van der Waals surface area contributed by atoms with E-state index in [0.717, 1.165) is 5.56 Å². The van der Waals surface area contributed by atoms with Crippen LogP contribution in [0.15, 0.2) is 83.8 Å². The van der Waals surface area contributed by atoms with Gasteiger partial charge < -0.3 is 47.5 Å². The molecule has 0 saturated heterocycles. The number of aryl methyl sites for hydroxylation is 1. The van der Waals surface area contributed by atoms with Crippen LogP contribution in [-0.2, 0) is 27.3 Å². The van der Waals surface area contributed by atoms with Crippen LogP contribution in [0.1, 0.15) is 30.4 Å². The van der Waals surface area contributed by atoms with Gasteiger partial charge >= 0.3 is 0 Å². The van der Waals surface area contributed by atoms with Crippen LogP contribution in [0, 0.1) is 0 Å². The van der Waals surface area contributed by atoms with Gasteiger partial charge in [-0.15, -0.1) is 0 Å². The fraction of sp³-hybridized carbons (Fsp3) is 0.314. The van der Waals surface area contributed by atoms with Crippen LogP contribution in [-0.4, -0.2) is 75.7 Å². The van der Waals surface area contributed by atoms with Gasteiger partial charge in [-0.25, -0.2) is 0 Å². The van der Waals surface area contributed by atoms with Gasteiger partial charge in [0.2, 0.25) is 23.2 Å². The SMILES string of the molecule is NCCN(CCN)C(=O)CC[C@H](N)C(=O)N[C@H](CCc1ccccc1)C(=O)Nc1cn(Cc2ccc(O)c(O)c2)c2ccccc2c1=O. The van der Waals surface area contributed by atoms with Crippen LogP contribution < -0.4 is 33.3 Å². The third-order valence-electron chi connectivity index (χ3n) is 7.99. The van der Waals surface area contributed by atoms with Crippen molar-refractivity contribution in [3.8, 4) is 11.5 Å². The van der Waals surface area contributed by atoms with Crippen LogP contribution in [0.2, 0.25) is 0 Å². The van der Waals surface area contributed by atoms with E-state index in [1.54, 1.807) is 34.9 Å². The van der Waals surface area contributed by atoms with Gasteiger partial charge in [-0.1, -0.05) is 48.5 Å². The highest BCUT2D eigenvalue weighted by Crippen LogP contribution is 2.26. The smallest absolute Gasteiger partial charge is 0.247 e. The molecule has 4 aromatic rings. The first-order chi connectivity index (χ1) is 23.1. The Labute approximate surface area is 278 Å². The van der Waals surface area contributed by atoms with E-state index in [4.69, 9.17) is 17.2 Å². The van der Waals surface area contributed by atoms with Gasteiger partial charge in [-0.05, 0) is 54.7 Å². The van der Waals surface area contributed by atoms with E-state index in [1.807, 2.05) is 30.3 Å². The number of rotatable bonds is 16. The minimum Gasteiger partial charge on any atom is -0.504 e. The molecule has 0 unspecified atom stereocenters. The number of aromatic hydroxyl groups is 2. The average Bonchev–Trinajstić information content (AvgIpc) is 3.09. The number of nitrogens with one attached hydrogen (secondary N) is 2. The lowest BCUT2D eigenvalue weighted by atomic mass is 10.0. The first kappa shape index (κ1) is 35.6. The number of pyridine rings is 1. The number of hydrogen-bond donors (Lipinski definition) is 7.